The highest BCUT2D eigenvalue weighted by Gasteiger charge is 2.30. The second-order valence-corrected chi connectivity index (χ2v) is 8.79. The van der Waals surface area contributed by atoms with E-state index in [0.29, 0.717) is 11.3 Å². The van der Waals surface area contributed by atoms with E-state index < -0.39 is 0 Å². The Kier molecular flexibility index (Phi) is 6.31. The summed E-state index contributed by atoms with van der Waals surface area (Å²) in [4.78, 5) is 0. The van der Waals surface area contributed by atoms with Crippen molar-refractivity contribution in [2.45, 2.75) is 43.7 Å². The summed E-state index contributed by atoms with van der Waals surface area (Å²) in [5.41, 5.74) is 2.93. The molecule has 1 heterocycles. The van der Waals surface area contributed by atoms with Crippen molar-refractivity contribution in [2.75, 3.05) is 18.6 Å². The van der Waals surface area contributed by atoms with Crippen LogP contribution in [0.25, 0.3) is 0 Å². The first-order chi connectivity index (χ1) is 9.61. The number of nitrogens with one attached hydrogen (secondary N) is 1. The van der Waals surface area contributed by atoms with Gasteiger partial charge in [0.05, 0.1) is 0 Å². The quantitative estimate of drug-likeness (QED) is 0.867. The van der Waals surface area contributed by atoms with Crippen LogP contribution < -0.4 is 5.32 Å². The molecule has 1 nitrogen and oxygen atoms in total. The van der Waals surface area contributed by atoms with Crippen molar-refractivity contribution in [3.8, 4) is 0 Å². The minimum Gasteiger partial charge on any atom is -0.312 e. The Hall–Kier alpha value is -0.120. The average molecular weight is 310 g/mol. The maximum Gasteiger partial charge on any atom is 0.0448 e. The lowest BCUT2D eigenvalue weighted by molar-refractivity contribution is 0.559. The van der Waals surface area contributed by atoms with Crippen molar-refractivity contribution in [3.63, 3.8) is 0 Å². The molecule has 1 aromatic rings. The summed E-state index contributed by atoms with van der Waals surface area (Å²) < 4.78 is 0. The fourth-order valence-electron chi connectivity index (χ4n) is 2.92. The molecule has 0 aromatic heterocycles. The van der Waals surface area contributed by atoms with Crippen molar-refractivity contribution < 1.29 is 0 Å². The number of hydrogen-bond acceptors (Lipinski definition) is 3. The molecule has 20 heavy (non-hydrogen) atoms. The maximum absolute atomic E-state index is 3.56. The van der Waals surface area contributed by atoms with E-state index >= 15 is 0 Å². The van der Waals surface area contributed by atoms with Gasteiger partial charge in [0.1, 0.15) is 0 Å². The zero-order valence-corrected chi connectivity index (χ0v) is 14.7. The normalized spacial score (nSPS) is 24.9. The highest BCUT2D eigenvalue weighted by molar-refractivity contribution is 8.07. The minimum absolute atomic E-state index is 0.468. The Morgan fingerprint density at radius 3 is 2.65 bits per heavy atom. The topological polar surface area (TPSA) is 12.0 Å². The van der Waals surface area contributed by atoms with Crippen molar-refractivity contribution in [2.24, 2.45) is 5.92 Å². The van der Waals surface area contributed by atoms with Gasteiger partial charge in [-0.15, -0.1) is 0 Å². The molecular formula is C17H27NS2. The van der Waals surface area contributed by atoms with Gasteiger partial charge in [-0.3, -0.25) is 0 Å². The number of thioether (sulfide) groups is 2. The van der Waals surface area contributed by atoms with Crippen LogP contribution >= 0.6 is 23.5 Å². The molecule has 1 aliphatic rings. The van der Waals surface area contributed by atoms with Gasteiger partial charge in [-0.25, -0.2) is 0 Å². The average Bonchev–Trinajstić information content (AvgIpc) is 2.41. The zero-order valence-electron chi connectivity index (χ0n) is 13.1. The minimum atomic E-state index is 0.468. The summed E-state index contributed by atoms with van der Waals surface area (Å²) in [6.07, 6.45) is 1.17. The van der Waals surface area contributed by atoms with Crippen LogP contribution in [0.3, 0.4) is 0 Å². The first kappa shape index (κ1) is 16.3. The van der Waals surface area contributed by atoms with Crippen LogP contribution in [-0.2, 0) is 6.42 Å². The van der Waals surface area contributed by atoms with Crippen molar-refractivity contribution in [1.29, 1.82) is 0 Å². The summed E-state index contributed by atoms with van der Waals surface area (Å²) in [7, 11) is 2.10. The zero-order chi connectivity index (χ0) is 14.5. The molecule has 1 aliphatic heterocycles. The van der Waals surface area contributed by atoms with Gasteiger partial charge in [0.25, 0.3) is 0 Å². The smallest absolute Gasteiger partial charge is 0.0448 e. The third-order valence-corrected chi connectivity index (χ3v) is 7.03. The molecule has 0 aliphatic carbocycles. The van der Waals surface area contributed by atoms with E-state index in [1.807, 2.05) is 0 Å². The third-order valence-electron chi connectivity index (χ3n) is 3.83. The first-order valence-corrected chi connectivity index (χ1v) is 9.71. The second-order valence-electron chi connectivity index (χ2n) is 6.02. The molecule has 3 atom stereocenters. The highest BCUT2D eigenvalue weighted by atomic mass is 32.2. The van der Waals surface area contributed by atoms with Gasteiger partial charge < -0.3 is 5.32 Å². The predicted molar refractivity (Wildman–Crippen MR) is 95.0 cm³/mol. The summed E-state index contributed by atoms with van der Waals surface area (Å²) in [6.45, 7) is 6.96. The molecule has 1 aromatic carbocycles. The Balaban J connectivity index is 2.18. The third kappa shape index (κ3) is 4.19. The van der Waals surface area contributed by atoms with Gasteiger partial charge in [-0.2, -0.15) is 23.5 Å². The molecule has 2 rings (SSSR count). The lowest BCUT2D eigenvalue weighted by Gasteiger charge is -2.34. The first-order valence-electron chi connectivity index (χ1n) is 7.61. The fourth-order valence-corrected chi connectivity index (χ4v) is 5.91. The maximum atomic E-state index is 3.56. The summed E-state index contributed by atoms with van der Waals surface area (Å²) in [5, 5.41) is 4.96. The fraction of sp³-hybridized carbons (Fsp3) is 0.647. The molecule has 0 saturated carbocycles. The van der Waals surface area contributed by atoms with Gasteiger partial charge in [-0.05, 0) is 30.5 Å². The lowest BCUT2D eigenvalue weighted by atomic mass is 9.96. The Labute approximate surface area is 132 Å². The molecule has 1 saturated heterocycles. The molecule has 1 N–H and O–H groups in total. The summed E-state index contributed by atoms with van der Waals surface area (Å²) in [5.74, 6) is 3.30. The van der Waals surface area contributed by atoms with E-state index in [4.69, 9.17) is 0 Å². The van der Waals surface area contributed by atoms with Crippen molar-refractivity contribution in [3.05, 3.63) is 35.4 Å². The van der Waals surface area contributed by atoms with Crippen LogP contribution in [0, 0.1) is 5.92 Å². The Morgan fingerprint density at radius 1 is 1.25 bits per heavy atom. The molecule has 0 spiro atoms. The molecule has 3 heteroatoms. The Bertz CT molecular complexity index is 419. The van der Waals surface area contributed by atoms with Crippen LogP contribution in [0.2, 0.25) is 0 Å². The predicted octanol–water partition coefficient (Wildman–Crippen LogP) is 4.38. The van der Waals surface area contributed by atoms with Crippen LogP contribution in [0.15, 0.2) is 24.3 Å². The number of rotatable bonds is 5. The van der Waals surface area contributed by atoms with Crippen molar-refractivity contribution in [1.82, 2.24) is 5.32 Å². The molecule has 112 valence electrons. The number of benzene rings is 1. The van der Waals surface area contributed by atoms with Gasteiger partial charge in [-0.1, -0.05) is 45.0 Å². The van der Waals surface area contributed by atoms with E-state index in [1.54, 1.807) is 0 Å². The number of hydrogen-bond donors (Lipinski definition) is 1. The summed E-state index contributed by atoms with van der Waals surface area (Å²) >= 11 is 4.25. The van der Waals surface area contributed by atoms with Gasteiger partial charge in [0.2, 0.25) is 0 Å². The molecular weight excluding hydrogens is 282 g/mol. The molecule has 0 amide bonds. The van der Waals surface area contributed by atoms with E-state index in [-0.39, 0.29) is 0 Å². The van der Waals surface area contributed by atoms with Crippen LogP contribution in [-0.4, -0.2) is 29.1 Å². The largest absolute Gasteiger partial charge is 0.312 e. The molecule has 0 bridgehead atoms. The molecule has 1 fully saturated rings. The monoisotopic (exact) mass is 309 g/mol. The Morgan fingerprint density at radius 2 is 2.00 bits per heavy atom. The molecule has 0 radical (unpaired) electrons. The van der Waals surface area contributed by atoms with Crippen LogP contribution in [0.1, 0.15) is 37.9 Å². The summed E-state index contributed by atoms with van der Waals surface area (Å²) in [6, 6.07) is 9.66. The SMILES string of the molecule is CNC(c1cccc(CC(C)C)c1)C1SCCSC1C. The van der Waals surface area contributed by atoms with Crippen LogP contribution in [0.4, 0.5) is 0 Å². The van der Waals surface area contributed by atoms with Crippen molar-refractivity contribution >= 4 is 23.5 Å². The molecule has 3 unspecified atom stereocenters. The van der Waals surface area contributed by atoms with Crippen LogP contribution in [0.5, 0.6) is 0 Å². The van der Waals surface area contributed by atoms with Gasteiger partial charge in [0, 0.05) is 28.0 Å². The van der Waals surface area contributed by atoms with E-state index in [2.05, 4.69) is 80.9 Å². The second kappa shape index (κ2) is 7.77. The van der Waals surface area contributed by atoms with E-state index in [0.717, 1.165) is 11.2 Å². The van der Waals surface area contributed by atoms with Gasteiger partial charge in [0.15, 0.2) is 0 Å². The van der Waals surface area contributed by atoms with Gasteiger partial charge >= 0.3 is 0 Å². The highest BCUT2D eigenvalue weighted by Crippen LogP contribution is 2.38. The standard InChI is InChI=1S/C17H27NS2/c1-12(2)10-14-6-5-7-15(11-14)16(18-4)17-13(3)19-8-9-20-17/h5-7,11-13,16-18H,8-10H2,1-4H3. The van der Waals surface area contributed by atoms with E-state index in [1.165, 1.54) is 29.1 Å². The lowest BCUT2D eigenvalue weighted by Crippen LogP contribution is -2.36. The van der Waals surface area contributed by atoms with E-state index in [9.17, 15) is 0 Å².